The number of esters is 1. The lowest BCUT2D eigenvalue weighted by Gasteiger charge is -2.13. The summed E-state index contributed by atoms with van der Waals surface area (Å²) in [6.45, 7) is 2.81. The minimum absolute atomic E-state index is 0.334. The summed E-state index contributed by atoms with van der Waals surface area (Å²) in [6.07, 6.45) is 0.396. The molecular formula is C13H19NO4. The number of carbonyl (C=O) groups is 1. The Hall–Kier alpha value is -1.75. The second kappa shape index (κ2) is 7.55. The molecule has 0 saturated carbocycles. The smallest absolute Gasteiger partial charge is 0.322 e. The van der Waals surface area contributed by atoms with E-state index in [0.717, 1.165) is 0 Å². The fourth-order valence-electron chi connectivity index (χ4n) is 1.41. The molecule has 0 radical (unpaired) electrons. The normalized spacial score (nSPS) is 11.7. The van der Waals surface area contributed by atoms with E-state index < -0.39 is 12.0 Å². The van der Waals surface area contributed by atoms with E-state index in [-0.39, 0.29) is 0 Å². The molecular weight excluding hydrogens is 234 g/mol. The van der Waals surface area contributed by atoms with Gasteiger partial charge in [-0.2, -0.15) is 0 Å². The van der Waals surface area contributed by atoms with Crippen LogP contribution in [-0.2, 0) is 9.53 Å². The van der Waals surface area contributed by atoms with Gasteiger partial charge in [-0.05, 0) is 19.1 Å². The zero-order valence-corrected chi connectivity index (χ0v) is 10.7. The number of para-hydroxylation sites is 2. The minimum atomic E-state index is -0.658. The van der Waals surface area contributed by atoms with Gasteiger partial charge in [0.2, 0.25) is 0 Å². The van der Waals surface area contributed by atoms with Gasteiger partial charge in [-0.15, -0.1) is 0 Å². The van der Waals surface area contributed by atoms with Crippen LogP contribution in [0.3, 0.4) is 0 Å². The molecule has 0 bridgehead atoms. The van der Waals surface area contributed by atoms with Crippen molar-refractivity contribution in [3.05, 3.63) is 24.3 Å². The predicted molar refractivity (Wildman–Crippen MR) is 67.7 cm³/mol. The lowest BCUT2D eigenvalue weighted by molar-refractivity contribution is -0.142. The molecule has 1 rings (SSSR count). The molecule has 0 aliphatic heterocycles. The SMILES string of the molecule is CCOc1ccccc1OCCC(N)C(=O)OC. The molecule has 0 aliphatic carbocycles. The van der Waals surface area contributed by atoms with Crippen LogP contribution >= 0.6 is 0 Å². The molecule has 0 amide bonds. The Morgan fingerprint density at radius 1 is 1.28 bits per heavy atom. The Morgan fingerprint density at radius 3 is 2.44 bits per heavy atom. The Balaban J connectivity index is 2.46. The largest absolute Gasteiger partial charge is 0.490 e. The van der Waals surface area contributed by atoms with Crippen molar-refractivity contribution in [2.75, 3.05) is 20.3 Å². The Kier molecular flexibility index (Phi) is 6.00. The van der Waals surface area contributed by atoms with Gasteiger partial charge in [0.1, 0.15) is 6.04 Å². The summed E-state index contributed by atoms with van der Waals surface area (Å²) in [5, 5.41) is 0. The van der Waals surface area contributed by atoms with Crippen LogP contribution in [0.1, 0.15) is 13.3 Å². The third-order valence-corrected chi connectivity index (χ3v) is 2.34. The highest BCUT2D eigenvalue weighted by molar-refractivity contribution is 5.75. The predicted octanol–water partition coefficient (Wildman–Crippen LogP) is 1.35. The summed E-state index contributed by atoms with van der Waals surface area (Å²) in [7, 11) is 1.31. The maximum Gasteiger partial charge on any atom is 0.322 e. The van der Waals surface area contributed by atoms with Crippen molar-refractivity contribution in [2.24, 2.45) is 5.73 Å². The molecule has 0 aliphatic rings. The number of hydrogen-bond donors (Lipinski definition) is 1. The van der Waals surface area contributed by atoms with Gasteiger partial charge in [0.25, 0.3) is 0 Å². The number of benzene rings is 1. The number of rotatable bonds is 7. The van der Waals surface area contributed by atoms with Crippen LogP contribution in [0.2, 0.25) is 0 Å². The first-order chi connectivity index (χ1) is 8.69. The Morgan fingerprint density at radius 2 is 1.89 bits per heavy atom. The van der Waals surface area contributed by atoms with Crippen molar-refractivity contribution in [3.63, 3.8) is 0 Å². The van der Waals surface area contributed by atoms with Crippen LogP contribution in [0, 0.1) is 0 Å². The molecule has 0 saturated heterocycles. The first-order valence-corrected chi connectivity index (χ1v) is 5.87. The van der Waals surface area contributed by atoms with E-state index in [2.05, 4.69) is 4.74 Å². The second-order valence-corrected chi connectivity index (χ2v) is 3.65. The van der Waals surface area contributed by atoms with Gasteiger partial charge in [0, 0.05) is 6.42 Å². The van der Waals surface area contributed by atoms with Crippen LogP contribution in [0.15, 0.2) is 24.3 Å². The Labute approximate surface area is 107 Å². The molecule has 5 nitrogen and oxygen atoms in total. The number of ether oxygens (including phenoxy) is 3. The van der Waals surface area contributed by atoms with Crippen LogP contribution in [0.4, 0.5) is 0 Å². The maximum atomic E-state index is 11.1. The van der Waals surface area contributed by atoms with Crippen molar-refractivity contribution >= 4 is 5.97 Å². The van der Waals surface area contributed by atoms with Crippen molar-refractivity contribution in [1.29, 1.82) is 0 Å². The fourth-order valence-corrected chi connectivity index (χ4v) is 1.41. The first-order valence-electron chi connectivity index (χ1n) is 5.87. The summed E-state index contributed by atoms with van der Waals surface area (Å²) < 4.78 is 15.5. The van der Waals surface area contributed by atoms with Crippen LogP contribution < -0.4 is 15.2 Å². The minimum Gasteiger partial charge on any atom is -0.490 e. The maximum absolute atomic E-state index is 11.1. The van der Waals surface area contributed by atoms with Gasteiger partial charge in [0.05, 0.1) is 20.3 Å². The van der Waals surface area contributed by atoms with Crippen molar-refractivity contribution in [3.8, 4) is 11.5 Å². The molecule has 100 valence electrons. The third-order valence-electron chi connectivity index (χ3n) is 2.34. The molecule has 0 fully saturated rings. The number of methoxy groups -OCH3 is 1. The van der Waals surface area contributed by atoms with Crippen LogP contribution in [-0.4, -0.2) is 32.3 Å². The van der Waals surface area contributed by atoms with Gasteiger partial charge in [-0.3, -0.25) is 4.79 Å². The van der Waals surface area contributed by atoms with Crippen molar-refractivity contribution in [2.45, 2.75) is 19.4 Å². The quantitative estimate of drug-likeness (QED) is 0.743. The van der Waals surface area contributed by atoms with E-state index in [0.29, 0.717) is 31.1 Å². The highest BCUT2D eigenvalue weighted by Gasteiger charge is 2.13. The van der Waals surface area contributed by atoms with Crippen molar-refractivity contribution < 1.29 is 19.0 Å². The van der Waals surface area contributed by atoms with E-state index in [1.807, 2.05) is 31.2 Å². The highest BCUT2D eigenvalue weighted by Crippen LogP contribution is 2.26. The summed E-state index contributed by atoms with van der Waals surface area (Å²) in [4.78, 5) is 11.1. The number of carbonyl (C=O) groups excluding carboxylic acids is 1. The molecule has 0 heterocycles. The summed E-state index contributed by atoms with van der Waals surface area (Å²) in [5.41, 5.74) is 5.60. The summed E-state index contributed by atoms with van der Waals surface area (Å²) in [5.74, 6) is 0.903. The monoisotopic (exact) mass is 253 g/mol. The van der Waals surface area contributed by atoms with Gasteiger partial charge < -0.3 is 19.9 Å². The topological polar surface area (TPSA) is 70.8 Å². The van der Waals surface area contributed by atoms with E-state index in [1.165, 1.54) is 7.11 Å². The average molecular weight is 253 g/mol. The summed E-state index contributed by atoms with van der Waals surface area (Å²) >= 11 is 0. The van der Waals surface area contributed by atoms with Crippen LogP contribution in [0.5, 0.6) is 11.5 Å². The second-order valence-electron chi connectivity index (χ2n) is 3.65. The van der Waals surface area contributed by atoms with E-state index in [9.17, 15) is 4.79 Å². The first kappa shape index (κ1) is 14.3. The van der Waals surface area contributed by atoms with Gasteiger partial charge >= 0.3 is 5.97 Å². The average Bonchev–Trinajstić information content (AvgIpc) is 2.40. The molecule has 2 N–H and O–H groups in total. The van der Waals surface area contributed by atoms with Crippen LogP contribution in [0.25, 0.3) is 0 Å². The summed E-state index contributed by atoms with van der Waals surface area (Å²) in [6, 6.07) is 6.72. The molecule has 18 heavy (non-hydrogen) atoms. The standard InChI is InChI=1S/C13H19NO4/c1-3-17-11-6-4-5-7-12(11)18-9-8-10(14)13(15)16-2/h4-7,10H,3,8-9,14H2,1-2H3. The van der Waals surface area contributed by atoms with E-state index >= 15 is 0 Å². The van der Waals surface area contributed by atoms with Gasteiger partial charge in [-0.25, -0.2) is 0 Å². The molecule has 1 aromatic carbocycles. The van der Waals surface area contributed by atoms with Gasteiger partial charge in [0.15, 0.2) is 11.5 Å². The molecule has 1 unspecified atom stereocenters. The molecule has 0 spiro atoms. The molecule has 1 atom stereocenters. The van der Waals surface area contributed by atoms with Crippen molar-refractivity contribution in [1.82, 2.24) is 0 Å². The van der Waals surface area contributed by atoms with E-state index in [1.54, 1.807) is 0 Å². The number of nitrogens with two attached hydrogens (primary N) is 1. The molecule has 0 aromatic heterocycles. The molecule has 5 heteroatoms. The van der Waals surface area contributed by atoms with Gasteiger partial charge in [-0.1, -0.05) is 12.1 Å². The third kappa shape index (κ3) is 4.25. The highest BCUT2D eigenvalue weighted by atomic mass is 16.5. The zero-order chi connectivity index (χ0) is 13.4. The zero-order valence-electron chi connectivity index (χ0n) is 10.7. The number of hydrogen-bond acceptors (Lipinski definition) is 5. The lowest BCUT2D eigenvalue weighted by atomic mass is 10.2. The Bertz CT molecular complexity index is 381. The lowest BCUT2D eigenvalue weighted by Crippen LogP contribution is -2.33. The fraction of sp³-hybridized carbons (Fsp3) is 0.462. The molecule has 1 aromatic rings. The van der Waals surface area contributed by atoms with E-state index in [4.69, 9.17) is 15.2 Å².